The highest BCUT2D eigenvalue weighted by Gasteiger charge is 2.52. The molecule has 2 heterocycles. The first-order valence-corrected chi connectivity index (χ1v) is 10.9. The van der Waals surface area contributed by atoms with E-state index in [2.05, 4.69) is 13.8 Å². The van der Waals surface area contributed by atoms with E-state index in [4.69, 9.17) is 9.31 Å². The van der Waals surface area contributed by atoms with Crippen LogP contribution in [0.15, 0.2) is 12.1 Å². The number of carbonyl (C=O) groups is 1. The summed E-state index contributed by atoms with van der Waals surface area (Å²) in [5.74, 6) is 0.0663. The Kier molecular flexibility index (Phi) is 6.39. The normalized spacial score (nSPS) is 25.4. The first kappa shape index (κ1) is 23.2. The van der Waals surface area contributed by atoms with Gasteiger partial charge in [-0.1, -0.05) is 13.8 Å². The van der Waals surface area contributed by atoms with Crippen LogP contribution in [0.4, 0.5) is 4.39 Å². The first-order valence-electron chi connectivity index (χ1n) is 10.9. The summed E-state index contributed by atoms with van der Waals surface area (Å²) in [4.78, 5) is 14.6. The molecule has 0 radical (unpaired) electrons. The average molecular weight is 419 g/mol. The minimum Gasteiger partial charge on any atom is -0.399 e. The monoisotopic (exact) mass is 419 g/mol. The van der Waals surface area contributed by atoms with Crippen molar-refractivity contribution in [1.82, 2.24) is 4.90 Å². The quantitative estimate of drug-likeness (QED) is 0.746. The third-order valence-electron chi connectivity index (χ3n) is 6.90. The molecule has 0 saturated carbocycles. The molecule has 0 aliphatic carbocycles. The molecule has 2 atom stereocenters. The molecule has 1 aromatic rings. The molecule has 2 saturated heterocycles. The molecule has 1 amide bonds. The fraction of sp³-hybridized carbons (Fsp3) is 0.696. The second-order valence-corrected chi connectivity index (χ2v) is 10.3. The molecular weight excluding hydrogens is 384 g/mol. The zero-order chi connectivity index (χ0) is 22.4. The Morgan fingerprint density at radius 3 is 2.40 bits per heavy atom. The third kappa shape index (κ3) is 4.58. The molecular formula is C23H35BFNO4. The Balaban J connectivity index is 1.77. The fourth-order valence-electron chi connectivity index (χ4n) is 4.33. The van der Waals surface area contributed by atoms with Crippen molar-refractivity contribution in [2.45, 2.75) is 78.6 Å². The standard InChI is InChI=1S/C23H35BFNO4/c1-14(2)8-17-12-26(13-20(17)27)21(28)10-16-9-18(25)11-19(15(16)3)24-29-22(4,5)23(6,7)30-24/h9,11,14,17,20,27H,8,10,12-13H2,1-7H3/t17-,20-/m0/s1. The minimum absolute atomic E-state index is 0.0890. The number of amides is 1. The summed E-state index contributed by atoms with van der Waals surface area (Å²) in [7, 11) is -0.677. The van der Waals surface area contributed by atoms with Gasteiger partial charge in [0.2, 0.25) is 5.91 Å². The summed E-state index contributed by atoms with van der Waals surface area (Å²) in [5.41, 5.74) is 1.01. The number of hydrogen-bond acceptors (Lipinski definition) is 4. The lowest BCUT2D eigenvalue weighted by atomic mass is 9.74. The van der Waals surface area contributed by atoms with Crippen LogP contribution in [0.1, 0.15) is 59.1 Å². The van der Waals surface area contributed by atoms with Crippen molar-refractivity contribution < 1.29 is 23.6 Å². The van der Waals surface area contributed by atoms with Gasteiger partial charge in [0.1, 0.15) is 5.82 Å². The van der Waals surface area contributed by atoms with Gasteiger partial charge in [-0.2, -0.15) is 0 Å². The van der Waals surface area contributed by atoms with E-state index in [-0.39, 0.29) is 18.2 Å². The van der Waals surface area contributed by atoms with Crippen molar-refractivity contribution in [3.8, 4) is 0 Å². The summed E-state index contributed by atoms with van der Waals surface area (Å²) in [6, 6.07) is 2.85. The highest BCUT2D eigenvalue weighted by molar-refractivity contribution is 6.62. The lowest BCUT2D eigenvalue weighted by Crippen LogP contribution is -2.41. The molecule has 3 rings (SSSR count). The van der Waals surface area contributed by atoms with Gasteiger partial charge < -0.3 is 19.3 Å². The van der Waals surface area contributed by atoms with Crippen LogP contribution < -0.4 is 5.46 Å². The molecule has 0 unspecified atom stereocenters. The van der Waals surface area contributed by atoms with E-state index >= 15 is 0 Å². The van der Waals surface area contributed by atoms with Crippen molar-refractivity contribution in [1.29, 1.82) is 0 Å². The SMILES string of the molecule is Cc1c(CC(=O)N2C[C@H](CC(C)C)[C@@H](O)C2)cc(F)cc1B1OC(C)(C)C(C)(C)O1. The Hall–Kier alpha value is -1.44. The van der Waals surface area contributed by atoms with Crippen molar-refractivity contribution >= 4 is 18.5 Å². The van der Waals surface area contributed by atoms with Gasteiger partial charge in [0.15, 0.2) is 0 Å². The number of hydrogen-bond donors (Lipinski definition) is 1. The fourth-order valence-corrected chi connectivity index (χ4v) is 4.33. The van der Waals surface area contributed by atoms with E-state index in [1.54, 1.807) is 4.90 Å². The lowest BCUT2D eigenvalue weighted by molar-refractivity contribution is -0.129. The summed E-state index contributed by atoms with van der Waals surface area (Å²) in [6.45, 7) is 14.8. The van der Waals surface area contributed by atoms with Crippen LogP contribution >= 0.6 is 0 Å². The first-order chi connectivity index (χ1) is 13.8. The molecule has 30 heavy (non-hydrogen) atoms. The number of aliphatic hydroxyl groups excluding tert-OH is 1. The van der Waals surface area contributed by atoms with Gasteiger partial charge in [0.05, 0.1) is 23.7 Å². The largest absolute Gasteiger partial charge is 0.495 e. The van der Waals surface area contributed by atoms with Gasteiger partial charge in [-0.25, -0.2) is 4.39 Å². The Morgan fingerprint density at radius 2 is 1.83 bits per heavy atom. The highest BCUT2D eigenvalue weighted by atomic mass is 19.1. The molecule has 166 valence electrons. The van der Waals surface area contributed by atoms with Crippen LogP contribution in [-0.4, -0.2) is 53.4 Å². The zero-order valence-corrected chi connectivity index (χ0v) is 19.3. The van der Waals surface area contributed by atoms with Crippen molar-refractivity contribution in [3.05, 3.63) is 29.1 Å². The van der Waals surface area contributed by atoms with Crippen LogP contribution in [0.25, 0.3) is 0 Å². The van der Waals surface area contributed by atoms with E-state index < -0.39 is 30.2 Å². The van der Waals surface area contributed by atoms with Crippen molar-refractivity contribution in [2.75, 3.05) is 13.1 Å². The number of nitrogens with zero attached hydrogens (tertiary/aromatic N) is 1. The van der Waals surface area contributed by atoms with Gasteiger partial charge in [-0.05, 0) is 75.7 Å². The van der Waals surface area contributed by atoms with Crippen molar-refractivity contribution in [2.24, 2.45) is 11.8 Å². The van der Waals surface area contributed by atoms with Crippen LogP contribution in [-0.2, 0) is 20.5 Å². The van der Waals surface area contributed by atoms with Gasteiger partial charge in [-0.3, -0.25) is 4.79 Å². The summed E-state index contributed by atoms with van der Waals surface area (Å²) < 4.78 is 26.7. The van der Waals surface area contributed by atoms with E-state index in [0.29, 0.717) is 30.0 Å². The average Bonchev–Trinajstić information content (AvgIpc) is 3.06. The number of β-amino-alcohol motifs (C(OH)–C–C–N with tert-alkyl or cyclic N) is 1. The summed E-state index contributed by atoms with van der Waals surface area (Å²) in [5, 5.41) is 10.3. The second kappa shape index (κ2) is 8.25. The maximum Gasteiger partial charge on any atom is 0.495 e. The number of carbonyl (C=O) groups excluding carboxylic acids is 1. The third-order valence-corrected chi connectivity index (χ3v) is 6.90. The van der Waals surface area contributed by atoms with E-state index in [1.165, 1.54) is 12.1 Å². The number of aliphatic hydroxyl groups is 1. The lowest BCUT2D eigenvalue weighted by Gasteiger charge is -2.32. The molecule has 2 fully saturated rings. The van der Waals surface area contributed by atoms with E-state index in [9.17, 15) is 14.3 Å². The molecule has 2 aliphatic rings. The molecule has 0 bridgehead atoms. The molecule has 0 aromatic heterocycles. The molecule has 2 aliphatic heterocycles. The molecule has 7 heteroatoms. The highest BCUT2D eigenvalue weighted by Crippen LogP contribution is 2.37. The second-order valence-electron chi connectivity index (χ2n) is 10.3. The van der Waals surface area contributed by atoms with Gasteiger partial charge >= 0.3 is 7.12 Å². The van der Waals surface area contributed by atoms with E-state index in [0.717, 1.165) is 12.0 Å². The van der Waals surface area contributed by atoms with Crippen LogP contribution in [0.2, 0.25) is 0 Å². The van der Waals surface area contributed by atoms with Crippen LogP contribution in [0.3, 0.4) is 0 Å². The predicted octanol–water partition coefficient (Wildman–Crippen LogP) is 2.84. The predicted molar refractivity (Wildman–Crippen MR) is 116 cm³/mol. The number of rotatable bonds is 5. The smallest absolute Gasteiger partial charge is 0.399 e. The van der Waals surface area contributed by atoms with Gasteiger partial charge in [0, 0.05) is 19.0 Å². The van der Waals surface area contributed by atoms with Crippen LogP contribution in [0, 0.1) is 24.6 Å². The number of likely N-dealkylation sites (tertiary alicyclic amines) is 1. The zero-order valence-electron chi connectivity index (χ0n) is 19.3. The summed E-state index contributed by atoms with van der Waals surface area (Å²) in [6.07, 6.45) is 0.484. The Labute approximate surface area is 180 Å². The molecule has 0 spiro atoms. The minimum atomic E-state index is -0.677. The van der Waals surface area contributed by atoms with Gasteiger partial charge in [-0.15, -0.1) is 0 Å². The molecule has 1 aromatic carbocycles. The Morgan fingerprint density at radius 1 is 1.23 bits per heavy atom. The number of benzene rings is 1. The molecule has 1 N–H and O–H groups in total. The number of halogens is 1. The Bertz CT molecular complexity index is 795. The van der Waals surface area contributed by atoms with Gasteiger partial charge in [0.25, 0.3) is 0 Å². The van der Waals surface area contributed by atoms with E-state index in [1.807, 2.05) is 34.6 Å². The summed E-state index contributed by atoms with van der Waals surface area (Å²) >= 11 is 0. The topological polar surface area (TPSA) is 59.0 Å². The van der Waals surface area contributed by atoms with Crippen molar-refractivity contribution in [3.63, 3.8) is 0 Å². The molecule has 5 nitrogen and oxygen atoms in total. The maximum absolute atomic E-state index is 14.5. The van der Waals surface area contributed by atoms with Crippen LogP contribution in [0.5, 0.6) is 0 Å². The maximum atomic E-state index is 14.5.